The minimum Gasteiger partial charge on any atom is -0.391 e. The molecule has 0 saturated carbocycles. The van der Waals surface area contributed by atoms with Crippen LogP contribution in [0.2, 0.25) is 0 Å². The number of piperidine rings is 1. The van der Waals surface area contributed by atoms with Crippen LogP contribution in [0.25, 0.3) is 0 Å². The number of carbonyl (C=O) groups is 2. The summed E-state index contributed by atoms with van der Waals surface area (Å²) in [6.45, 7) is 4.46. The van der Waals surface area contributed by atoms with Crippen LogP contribution in [0.15, 0.2) is 34.7 Å². The number of amides is 3. The third kappa shape index (κ3) is 4.98. The van der Waals surface area contributed by atoms with Crippen molar-refractivity contribution in [2.24, 2.45) is 22.2 Å². The maximum absolute atomic E-state index is 12.4. The van der Waals surface area contributed by atoms with Crippen molar-refractivity contribution >= 4 is 23.6 Å². The summed E-state index contributed by atoms with van der Waals surface area (Å²) >= 11 is 0. The molecular formula is C22H33N9O2. The molecule has 3 aliphatic heterocycles. The van der Waals surface area contributed by atoms with Gasteiger partial charge in [-0.15, -0.1) is 0 Å². The predicted octanol–water partition coefficient (Wildman–Crippen LogP) is -0.496. The van der Waals surface area contributed by atoms with E-state index in [-0.39, 0.29) is 29.6 Å². The third-order valence-corrected chi connectivity index (χ3v) is 6.51. The van der Waals surface area contributed by atoms with Gasteiger partial charge in [0.1, 0.15) is 5.70 Å². The zero-order chi connectivity index (χ0) is 23.5. The van der Waals surface area contributed by atoms with Crippen LogP contribution < -0.4 is 27.8 Å². The highest BCUT2D eigenvalue weighted by Gasteiger charge is 2.34. The molecule has 0 radical (unpaired) electrons. The molecule has 2 fully saturated rings. The van der Waals surface area contributed by atoms with Crippen molar-refractivity contribution < 1.29 is 9.59 Å². The number of fused-ring (bicyclic) bond motifs is 1. The largest absolute Gasteiger partial charge is 0.391 e. The number of carbonyl (C=O) groups excluding carboxylic acids is 2. The molecule has 1 aromatic carbocycles. The van der Waals surface area contributed by atoms with Crippen molar-refractivity contribution in [3.05, 3.63) is 40.8 Å². The Hall–Kier alpha value is -3.47. The van der Waals surface area contributed by atoms with E-state index >= 15 is 0 Å². The van der Waals surface area contributed by atoms with Gasteiger partial charge in [0.05, 0.1) is 6.04 Å². The minimum atomic E-state index is -0.779. The fourth-order valence-corrected chi connectivity index (χ4v) is 4.57. The van der Waals surface area contributed by atoms with Crippen LogP contribution in [0.3, 0.4) is 0 Å². The van der Waals surface area contributed by atoms with Crippen LogP contribution >= 0.6 is 0 Å². The Morgan fingerprint density at radius 2 is 2.00 bits per heavy atom. The molecular weight excluding hydrogens is 422 g/mol. The van der Waals surface area contributed by atoms with Gasteiger partial charge in [-0.1, -0.05) is 6.07 Å². The fraction of sp³-hybridized carbons (Fsp3) is 0.500. The molecule has 0 aliphatic carbocycles. The molecule has 4 rings (SSSR count). The molecule has 11 heteroatoms. The number of nitrogens with zero attached hydrogens (tertiary/aromatic N) is 4. The summed E-state index contributed by atoms with van der Waals surface area (Å²) in [5.74, 6) is -0.431. The number of benzene rings is 1. The maximum Gasteiger partial charge on any atom is 0.320 e. The SMILES string of the molecule is CN1CCN(C2CCCN(C(N)=N/C(Nc3ccc4c(c3)CCNC4)=C(\N)C(N)=O)C2)C1=O. The lowest BCUT2D eigenvalue weighted by atomic mass is 10.0. The molecule has 33 heavy (non-hydrogen) atoms. The van der Waals surface area contributed by atoms with Crippen molar-refractivity contribution in [1.82, 2.24) is 20.0 Å². The average molecular weight is 456 g/mol. The number of hydrogen-bond acceptors (Lipinski definition) is 6. The highest BCUT2D eigenvalue weighted by atomic mass is 16.2. The van der Waals surface area contributed by atoms with Gasteiger partial charge in [0, 0.05) is 45.5 Å². The molecule has 3 aliphatic rings. The standard InChI is InChI=1S/C22H33N9O2/c1-29-9-10-31(22(29)33)17-3-2-8-30(13-17)21(25)28-20(18(23)19(24)32)27-16-5-4-15-12-26-7-6-14(15)11-16/h4-5,11,17,26-27H,2-3,6-10,12-13,23H2,1H3,(H2,24,32)(H2,25,28)/b20-18-. The Morgan fingerprint density at radius 1 is 1.18 bits per heavy atom. The van der Waals surface area contributed by atoms with Crippen molar-refractivity contribution in [1.29, 1.82) is 0 Å². The van der Waals surface area contributed by atoms with E-state index < -0.39 is 5.91 Å². The number of hydrogen-bond donors (Lipinski definition) is 5. The number of guanidine groups is 1. The Kier molecular flexibility index (Phi) is 6.59. The van der Waals surface area contributed by atoms with Crippen molar-refractivity contribution in [3.8, 4) is 0 Å². The summed E-state index contributed by atoms with van der Waals surface area (Å²) < 4.78 is 0. The molecule has 3 amide bonds. The van der Waals surface area contributed by atoms with E-state index in [4.69, 9.17) is 17.2 Å². The lowest BCUT2D eigenvalue weighted by Gasteiger charge is -2.37. The predicted molar refractivity (Wildman–Crippen MR) is 127 cm³/mol. The van der Waals surface area contributed by atoms with Crippen molar-refractivity contribution in [2.75, 3.05) is 45.1 Å². The van der Waals surface area contributed by atoms with E-state index in [0.717, 1.165) is 44.6 Å². The first-order valence-electron chi connectivity index (χ1n) is 11.3. The van der Waals surface area contributed by atoms with Gasteiger partial charge in [0.15, 0.2) is 11.8 Å². The second kappa shape index (κ2) is 9.57. The van der Waals surface area contributed by atoms with Gasteiger partial charge in [-0.2, -0.15) is 4.99 Å². The van der Waals surface area contributed by atoms with E-state index in [9.17, 15) is 9.59 Å². The molecule has 1 aromatic rings. The lowest BCUT2D eigenvalue weighted by molar-refractivity contribution is -0.114. The van der Waals surface area contributed by atoms with E-state index in [0.29, 0.717) is 19.6 Å². The Labute approximate surface area is 193 Å². The first kappa shape index (κ1) is 22.7. The number of rotatable bonds is 5. The average Bonchev–Trinajstić information content (AvgIpc) is 3.16. The number of urea groups is 1. The van der Waals surface area contributed by atoms with Crippen LogP contribution in [-0.4, -0.2) is 78.4 Å². The number of nitrogens with one attached hydrogen (secondary N) is 2. The van der Waals surface area contributed by atoms with Gasteiger partial charge in [0.25, 0.3) is 5.91 Å². The Bertz CT molecular complexity index is 990. The maximum atomic E-state index is 12.4. The second-order valence-electron chi connectivity index (χ2n) is 8.77. The Morgan fingerprint density at radius 3 is 2.73 bits per heavy atom. The molecule has 11 nitrogen and oxygen atoms in total. The van der Waals surface area contributed by atoms with Crippen molar-refractivity contribution in [3.63, 3.8) is 0 Å². The number of likely N-dealkylation sites (N-methyl/N-ethyl adjacent to an activating group) is 1. The minimum absolute atomic E-state index is 0.0418. The number of primary amides is 1. The van der Waals surface area contributed by atoms with E-state index in [2.05, 4.69) is 15.6 Å². The molecule has 178 valence electrons. The quantitative estimate of drug-likeness (QED) is 0.227. The summed E-state index contributed by atoms with van der Waals surface area (Å²) in [6, 6.07) is 6.09. The van der Waals surface area contributed by atoms with Gasteiger partial charge >= 0.3 is 6.03 Å². The molecule has 8 N–H and O–H groups in total. The number of aliphatic imine (C=N–C) groups is 1. The highest BCUT2D eigenvalue weighted by molar-refractivity contribution is 5.93. The van der Waals surface area contributed by atoms with Gasteiger partial charge in [-0.25, -0.2) is 4.79 Å². The first-order chi connectivity index (χ1) is 15.8. The lowest BCUT2D eigenvalue weighted by Crippen LogP contribution is -2.52. The third-order valence-electron chi connectivity index (χ3n) is 6.51. The Balaban J connectivity index is 1.53. The zero-order valence-corrected chi connectivity index (χ0v) is 19.0. The molecule has 1 unspecified atom stereocenters. The van der Waals surface area contributed by atoms with Crippen LogP contribution in [0.1, 0.15) is 24.0 Å². The number of anilines is 1. The van der Waals surface area contributed by atoms with Crippen LogP contribution in [0, 0.1) is 0 Å². The van der Waals surface area contributed by atoms with Gasteiger partial charge < -0.3 is 42.5 Å². The summed E-state index contributed by atoms with van der Waals surface area (Å²) in [5, 5.41) is 6.47. The highest BCUT2D eigenvalue weighted by Crippen LogP contribution is 2.22. The van der Waals surface area contributed by atoms with Gasteiger partial charge in [-0.05, 0) is 49.1 Å². The van der Waals surface area contributed by atoms with Gasteiger partial charge in [-0.3, -0.25) is 4.79 Å². The molecule has 3 heterocycles. The van der Waals surface area contributed by atoms with E-state index in [1.165, 1.54) is 11.1 Å². The number of likely N-dealkylation sites (tertiary alicyclic amines) is 1. The zero-order valence-electron chi connectivity index (χ0n) is 19.0. The fourth-order valence-electron chi connectivity index (χ4n) is 4.57. The van der Waals surface area contributed by atoms with E-state index in [1.54, 1.807) is 4.90 Å². The van der Waals surface area contributed by atoms with Gasteiger partial charge in [0.2, 0.25) is 0 Å². The van der Waals surface area contributed by atoms with Crippen LogP contribution in [0.5, 0.6) is 0 Å². The summed E-state index contributed by atoms with van der Waals surface area (Å²) in [4.78, 5) is 34.3. The smallest absolute Gasteiger partial charge is 0.320 e. The summed E-state index contributed by atoms with van der Waals surface area (Å²) in [6.07, 6.45) is 2.71. The molecule has 2 saturated heterocycles. The van der Waals surface area contributed by atoms with E-state index in [1.807, 2.05) is 35.0 Å². The summed E-state index contributed by atoms with van der Waals surface area (Å²) in [7, 11) is 1.81. The monoisotopic (exact) mass is 455 g/mol. The topological polar surface area (TPSA) is 158 Å². The van der Waals surface area contributed by atoms with Crippen LogP contribution in [-0.2, 0) is 17.8 Å². The second-order valence-corrected chi connectivity index (χ2v) is 8.77. The summed E-state index contributed by atoms with van der Waals surface area (Å²) in [5.41, 5.74) is 20.8. The molecule has 0 spiro atoms. The molecule has 0 aromatic heterocycles. The van der Waals surface area contributed by atoms with Crippen LogP contribution in [0.4, 0.5) is 10.5 Å². The molecule has 0 bridgehead atoms. The normalized spacial score (nSPS) is 22.2. The van der Waals surface area contributed by atoms with Crippen molar-refractivity contribution in [2.45, 2.75) is 31.8 Å². The molecule has 1 atom stereocenters. The first-order valence-corrected chi connectivity index (χ1v) is 11.3. The number of nitrogens with two attached hydrogens (primary N) is 3.